The number of aromatic nitrogens is 2. The summed E-state index contributed by atoms with van der Waals surface area (Å²) in [6.07, 6.45) is 1.66. The van der Waals surface area contributed by atoms with E-state index in [-0.39, 0.29) is 24.2 Å². The summed E-state index contributed by atoms with van der Waals surface area (Å²) in [6.45, 7) is 1.35. The fraction of sp³-hybridized carbons (Fsp3) is 0.429. The van der Waals surface area contributed by atoms with E-state index in [1.54, 1.807) is 0 Å². The molecule has 1 aliphatic rings. The fourth-order valence-electron chi connectivity index (χ4n) is 2.50. The van der Waals surface area contributed by atoms with Gasteiger partial charge in [-0.15, -0.1) is 12.4 Å². The number of nitrogens with zero attached hydrogens (tertiary/aromatic N) is 1. The molecule has 1 saturated heterocycles. The van der Waals surface area contributed by atoms with E-state index in [1.807, 2.05) is 24.3 Å². The van der Waals surface area contributed by atoms with E-state index < -0.39 is 6.04 Å². The van der Waals surface area contributed by atoms with Gasteiger partial charge in [0.2, 0.25) is 11.9 Å². The molecule has 2 heterocycles. The normalized spacial score (nSPS) is 17.2. The van der Waals surface area contributed by atoms with Crippen molar-refractivity contribution in [3.05, 3.63) is 24.3 Å². The van der Waals surface area contributed by atoms with E-state index >= 15 is 0 Å². The molecule has 1 aromatic carbocycles. The molecule has 0 aliphatic carbocycles. The molecule has 2 aromatic rings. The number of halogens is 1. The molecule has 7 heteroatoms. The first-order chi connectivity index (χ1) is 9.74. The first kappa shape index (κ1) is 15.8. The molecule has 0 bridgehead atoms. The van der Waals surface area contributed by atoms with Gasteiger partial charge in [0.25, 0.3) is 0 Å². The zero-order valence-corrected chi connectivity index (χ0v) is 12.4. The van der Waals surface area contributed by atoms with Crippen LogP contribution >= 0.6 is 12.4 Å². The first-order valence-corrected chi connectivity index (χ1v) is 6.83. The third kappa shape index (κ3) is 3.53. The average Bonchev–Trinajstić information content (AvgIpc) is 2.89. The smallest absolute Gasteiger partial charge is 0.243 e. The first-order valence-electron chi connectivity index (χ1n) is 6.83. The summed E-state index contributed by atoms with van der Waals surface area (Å²) < 4.78 is 5.28. The van der Waals surface area contributed by atoms with Gasteiger partial charge in [-0.3, -0.25) is 10.1 Å². The predicted octanol–water partition coefficient (Wildman–Crippen LogP) is 1.68. The van der Waals surface area contributed by atoms with Crippen molar-refractivity contribution in [3.8, 4) is 0 Å². The number of nitrogens with one attached hydrogen (secondary N) is 2. The van der Waals surface area contributed by atoms with Crippen LogP contribution in [0.1, 0.15) is 12.8 Å². The molecule has 1 aromatic heterocycles. The van der Waals surface area contributed by atoms with Crippen LogP contribution in [0.2, 0.25) is 0 Å². The van der Waals surface area contributed by atoms with E-state index in [0.29, 0.717) is 19.2 Å². The van der Waals surface area contributed by atoms with Gasteiger partial charge in [-0.25, -0.2) is 4.98 Å². The predicted molar refractivity (Wildman–Crippen MR) is 83.5 cm³/mol. The van der Waals surface area contributed by atoms with Crippen LogP contribution in [0.4, 0.5) is 5.95 Å². The Kier molecular flexibility index (Phi) is 5.17. The number of aromatic amines is 1. The van der Waals surface area contributed by atoms with Gasteiger partial charge in [-0.1, -0.05) is 12.1 Å². The zero-order valence-electron chi connectivity index (χ0n) is 11.5. The van der Waals surface area contributed by atoms with Crippen molar-refractivity contribution in [3.63, 3.8) is 0 Å². The van der Waals surface area contributed by atoms with Crippen LogP contribution in [-0.2, 0) is 9.53 Å². The molecule has 1 aliphatic heterocycles. The van der Waals surface area contributed by atoms with Crippen LogP contribution in [-0.4, -0.2) is 35.1 Å². The highest BCUT2D eigenvalue weighted by Gasteiger charge is 2.27. The van der Waals surface area contributed by atoms with Crippen molar-refractivity contribution >= 4 is 35.3 Å². The minimum Gasteiger partial charge on any atom is -0.381 e. The standard InChI is InChI=1S/C14H18N4O2.ClH/c15-12(9-5-7-20-8-6-9)13(19)18-14-16-10-3-1-2-4-11(10)17-14;/h1-4,9,12H,5-8,15H2,(H2,16,17,18,19);1H. The van der Waals surface area contributed by atoms with Crippen LogP contribution in [0.3, 0.4) is 0 Å². The summed E-state index contributed by atoms with van der Waals surface area (Å²) in [6, 6.07) is 7.10. The molecule has 114 valence electrons. The van der Waals surface area contributed by atoms with Crippen LogP contribution in [0.5, 0.6) is 0 Å². The second kappa shape index (κ2) is 6.89. The lowest BCUT2D eigenvalue weighted by molar-refractivity contribution is -0.119. The highest BCUT2D eigenvalue weighted by atomic mass is 35.5. The number of hydrogen-bond acceptors (Lipinski definition) is 4. The van der Waals surface area contributed by atoms with Crippen molar-refractivity contribution in [2.24, 2.45) is 11.7 Å². The van der Waals surface area contributed by atoms with Gasteiger partial charge >= 0.3 is 0 Å². The summed E-state index contributed by atoms with van der Waals surface area (Å²) in [5, 5.41) is 2.76. The van der Waals surface area contributed by atoms with E-state index in [2.05, 4.69) is 15.3 Å². The lowest BCUT2D eigenvalue weighted by atomic mass is 9.92. The van der Waals surface area contributed by atoms with Crippen molar-refractivity contribution in [2.75, 3.05) is 18.5 Å². The molecule has 0 saturated carbocycles. The molecule has 1 unspecified atom stereocenters. The molecule has 3 rings (SSSR count). The summed E-state index contributed by atoms with van der Waals surface area (Å²) in [4.78, 5) is 19.5. The Morgan fingerprint density at radius 2 is 2.10 bits per heavy atom. The Bertz CT molecular complexity index is 577. The van der Waals surface area contributed by atoms with Crippen molar-refractivity contribution in [1.29, 1.82) is 0 Å². The van der Waals surface area contributed by atoms with Crippen LogP contribution in [0.15, 0.2) is 24.3 Å². The molecule has 0 radical (unpaired) electrons. The molecule has 1 fully saturated rings. The van der Waals surface area contributed by atoms with Gasteiger partial charge in [-0.05, 0) is 30.9 Å². The highest BCUT2D eigenvalue weighted by molar-refractivity contribution is 5.94. The van der Waals surface area contributed by atoms with Crippen molar-refractivity contribution in [2.45, 2.75) is 18.9 Å². The highest BCUT2D eigenvalue weighted by Crippen LogP contribution is 2.19. The van der Waals surface area contributed by atoms with E-state index in [4.69, 9.17) is 10.5 Å². The molecular weight excluding hydrogens is 292 g/mol. The number of fused-ring (bicyclic) bond motifs is 1. The number of hydrogen-bond donors (Lipinski definition) is 3. The molecule has 1 atom stereocenters. The second-order valence-corrected chi connectivity index (χ2v) is 5.07. The van der Waals surface area contributed by atoms with Gasteiger partial charge in [0.15, 0.2) is 0 Å². The van der Waals surface area contributed by atoms with Gasteiger partial charge in [0, 0.05) is 13.2 Å². The lowest BCUT2D eigenvalue weighted by Crippen LogP contribution is -2.44. The molecular formula is C14H19ClN4O2. The second-order valence-electron chi connectivity index (χ2n) is 5.07. The number of nitrogens with two attached hydrogens (primary N) is 1. The maximum absolute atomic E-state index is 12.2. The van der Waals surface area contributed by atoms with Crippen molar-refractivity contribution < 1.29 is 9.53 Å². The Labute approximate surface area is 128 Å². The average molecular weight is 311 g/mol. The molecule has 0 spiro atoms. The summed E-state index contributed by atoms with van der Waals surface area (Å²) >= 11 is 0. The van der Waals surface area contributed by atoms with Gasteiger partial charge in [0.1, 0.15) is 0 Å². The maximum Gasteiger partial charge on any atom is 0.243 e. The van der Waals surface area contributed by atoms with E-state index in [0.717, 1.165) is 23.9 Å². The number of H-pyrrole nitrogens is 1. The molecule has 21 heavy (non-hydrogen) atoms. The van der Waals surface area contributed by atoms with E-state index in [9.17, 15) is 4.79 Å². The third-order valence-electron chi connectivity index (χ3n) is 3.71. The minimum atomic E-state index is -0.521. The van der Waals surface area contributed by atoms with E-state index in [1.165, 1.54) is 0 Å². The maximum atomic E-state index is 12.2. The number of benzene rings is 1. The Morgan fingerprint density at radius 1 is 1.38 bits per heavy atom. The quantitative estimate of drug-likeness (QED) is 0.804. The summed E-state index contributed by atoms with van der Waals surface area (Å²) in [7, 11) is 0. The number of ether oxygens (including phenoxy) is 1. The van der Waals surface area contributed by atoms with Crippen molar-refractivity contribution in [1.82, 2.24) is 9.97 Å². The van der Waals surface area contributed by atoms with Crippen LogP contribution < -0.4 is 11.1 Å². The molecule has 6 nitrogen and oxygen atoms in total. The monoisotopic (exact) mass is 310 g/mol. The summed E-state index contributed by atoms with van der Waals surface area (Å²) in [5.74, 6) is 0.419. The van der Waals surface area contributed by atoms with Gasteiger partial charge < -0.3 is 15.5 Å². The lowest BCUT2D eigenvalue weighted by Gasteiger charge is -2.26. The van der Waals surface area contributed by atoms with Gasteiger partial charge in [-0.2, -0.15) is 0 Å². The largest absolute Gasteiger partial charge is 0.381 e. The minimum absolute atomic E-state index is 0. The number of amides is 1. The molecule has 4 N–H and O–H groups in total. The zero-order chi connectivity index (χ0) is 13.9. The summed E-state index contributed by atoms with van der Waals surface area (Å²) in [5.41, 5.74) is 7.74. The van der Waals surface area contributed by atoms with Crippen LogP contribution in [0, 0.1) is 5.92 Å². The van der Waals surface area contributed by atoms with Gasteiger partial charge in [0.05, 0.1) is 17.1 Å². The fourth-order valence-corrected chi connectivity index (χ4v) is 2.50. The van der Waals surface area contributed by atoms with Crippen LogP contribution in [0.25, 0.3) is 11.0 Å². The number of rotatable bonds is 3. The Hall–Kier alpha value is -1.63. The Morgan fingerprint density at radius 3 is 2.81 bits per heavy atom. The number of carbonyl (C=O) groups excluding carboxylic acids is 1. The SMILES string of the molecule is Cl.NC(C(=O)Nc1nc2ccccc2[nH]1)C1CCOCC1. The number of carbonyl (C=O) groups is 1. The molecule has 1 amide bonds. The topological polar surface area (TPSA) is 93.0 Å². The Balaban J connectivity index is 0.00000161. The number of anilines is 1. The number of imidazole rings is 1. The number of para-hydroxylation sites is 2. The third-order valence-corrected chi connectivity index (χ3v) is 3.71.